The summed E-state index contributed by atoms with van der Waals surface area (Å²) in [4.78, 5) is 0. The lowest BCUT2D eigenvalue weighted by atomic mass is 9.72. The molecule has 0 fully saturated rings. The van der Waals surface area contributed by atoms with Crippen LogP contribution in [0.1, 0.15) is 145 Å². The Morgan fingerprint density at radius 1 is 0.423 bits per heavy atom. The maximum Gasteiger partial charge on any atom is 0.130 e. The molecule has 0 radical (unpaired) electrons. The topological polar surface area (TPSA) is 81.4 Å². The average molecular weight is 1040 g/mol. The summed E-state index contributed by atoms with van der Waals surface area (Å²) in [5, 5.41) is 0. The molecule has 0 heterocycles. The quantitative estimate of drug-likeness (QED) is 0.0646. The molecule has 0 aromatic heterocycles. The fraction of sp³-hybridized carbons (Fsp3) is 0.324. The van der Waals surface area contributed by atoms with Gasteiger partial charge in [0.05, 0.1) is 17.7 Å². The normalized spacial score (nSPS) is 13.7. The maximum absolute atomic E-state index is 7.36. The molecule has 406 valence electrons. The molecule has 8 aromatic rings. The van der Waals surface area contributed by atoms with E-state index in [1.165, 1.54) is 16.7 Å². The Bertz CT molecular complexity index is 3200. The van der Waals surface area contributed by atoms with E-state index in [0.29, 0.717) is 25.4 Å². The molecule has 0 aliphatic heterocycles. The monoisotopic (exact) mass is 1040 g/mol. The largest absolute Gasteiger partial charge is 0.489 e. The van der Waals surface area contributed by atoms with Crippen molar-refractivity contribution in [1.29, 1.82) is 0 Å². The first-order valence-electron chi connectivity index (χ1n) is 27.9. The van der Waals surface area contributed by atoms with Gasteiger partial charge in [-0.3, -0.25) is 0 Å². The van der Waals surface area contributed by atoms with E-state index in [2.05, 4.69) is 192 Å². The molecule has 3 unspecified atom stereocenters. The van der Waals surface area contributed by atoms with Crippen LogP contribution in [0.25, 0.3) is 11.1 Å². The van der Waals surface area contributed by atoms with Gasteiger partial charge in [0.2, 0.25) is 0 Å². The summed E-state index contributed by atoms with van der Waals surface area (Å²) in [6, 6.07) is 62.1. The number of benzene rings is 8. The smallest absolute Gasteiger partial charge is 0.130 e. The summed E-state index contributed by atoms with van der Waals surface area (Å²) in [5.74, 6) is 6.53. The zero-order valence-corrected chi connectivity index (χ0v) is 48.2. The van der Waals surface area contributed by atoms with E-state index >= 15 is 0 Å². The highest BCUT2D eigenvalue weighted by Gasteiger charge is 2.45. The van der Waals surface area contributed by atoms with Gasteiger partial charge in [0, 0.05) is 5.92 Å². The Hall–Kier alpha value is -7.32. The molecule has 0 bridgehead atoms. The molecule has 0 saturated carbocycles. The number of nitrogens with two attached hydrogens (primary N) is 1. The number of ether oxygens (including phenoxy) is 6. The predicted octanol–water partition coefficient (Wildman–Crippen LogP) is 19.3. The lowest BCUT2D eigenvalue weighted by Crippen LogP contribution is -2.57. The van der Waals surface area contributed by atoms with Crippen LogP contribution in [0.3, 0.4) is 0 Å². The lowest BCUT2D eigenvalue weighted by Gasteiger charge is -2.46. The number of hydrogen-bond acceptors (Lipinski definition) is 7. The van der Waals surface area contributed by atoms with E-state index in [1.54, 1.807) is 0 Å². The highest BCUT2D eigenvalue weighted by molar-refractivity contribution is 5.64. The molecule has 0 aliphatic rings. The van der Waals surface area contributed by atoms with Gasteiger partial charge in [-0.1, -0.05) is 146 Å². The molecule has 7 nitrogen and oxygen atoms in total. The van der Waals surface area contributed by atoms with Crippen LogP contribution in [-0.2, 0) is 28.9 Å². The van der Waals surface area contributed by atoms with Gasteiger partial charge in [-0.25, -0.2) is 0 Å². The van der Waals surface area contributed by atoms with Gasteiger partial charge in [0.15, 0.2) is 0 Å². The van der Waals surface area contributed by atoms with E-state index in [1.807, 2.05) is 72.8 Å². The molecular formula is C71H81NO6. The number of aryl methyl sites for hydroxylation is 2. The summed E-state index contributed by atoms with van der Waals surface area (Å²) < 4.78 is 38.0. The van der Waals surface area contributed by atoms with Crippen molar-refractivity contribution in [3.05, 3.63) is 226 Å². The summed E-state index contributed by atoms with van der Waals surface area (Å²) >= 11 is 0. The second kappa shape index (κ2) is 24.6. The minimum Gasteiger partial charge on any atom is -0.489 e. The maximum atomic E-state index is 7.36. The zero-order valence-electron chi connectivity index (χ0n) is 48.2. The van der Waals surface area contributed by atoms with Crippen LogP contribution in [0.2, 0.25) is 0 Å². The van der Waals surface area contributed by atoms with E-state index in [-0.39, 0.29) is 16.9 Å². The minimum absolute atomic E-state index is 0.144. The Kier molecular flexibility index (Phi) is 17.9. The third kappa shape index (κ3) is 13.7. The Morgan fingerprint density at radius 2 is 0.846 bits per heavy atom. The van der Waals surface area contributed by atoms with Crippen LogP contribution in [0.15, 0.2) is 182 Å². The average Bonchev–Trinajstić information content (AvgIpc) is 3.48. The lowest BCUT2D eigenvalue weighted by molar-refractivity contribution is -0.103. The van der Waals surface area contributed by atoms with Crippen LogP contribution >= 0.6 is 0 Å². The second-order valence-corrected chi connectivity index (χ2v) is 22.4. The summed E-state index contributed by atoms with van der Waals surface area (Å²) in [7, 11) is 0. The van der Waals surface area contributed by atoms with Crippen molar-refractivity contribution in [1.82, 2.24) is 0 Å². The van der Waals surface area contributed by atoms with Crippen molar-refractivity contribution in [2.24, 2.45) is 5.73 Å². The fourth-order valence-electron chi connectivity index (χ4n) is 9.68. The van der Waals surface area contributed by atoms with Crippen LogP contribution < -0.4 is 29.4 Å². The van der Waals surface area contributed by atoms with Gasteiger partial charge >= 0.3 is 0 Å². The zero-order chi connectivity index (χ0) is 55.7. The predicted molar refractivity (Wildman–Crippen MR) is 320 cm³/mol. The molecule has 78 heavy (non-hydrogen) atoms. The molecule has 0 saturated heterocycles. The van der Waals surface area contributed by atoms with Crippen LogP contribution in [0, 0.1) is 13.8 Å². The molecule has 0 spiro atoms. The Labute approximate surface area is 465 Å². The molecular weight excluding hydrogens is 963 g/mol. The Balaban J connectivity index is 0.807. The van der Waals surface area contributed by atoms with Crippen LogP contribution in [0.5, 0.6) is 46.0 Å². The number of rotatable bonds is 24. The van der Waals surface area contributed by atoms with Gasteiger partial charge in [-0.2, -0.15) is 0 Å². The van der Waals surface area contributed by atoms with Crippen LogP contribution in [-0.4, -0.2) is 11.2 Å². The van der Waals surface area contributed by atoms with Gasteiger partial charge < -0.3 is 34.2 Å². The van der Waals surface area contributed by atoms with Crippen molar-refractivity contribution in [2.75, 3.05) is 0 Å². The SMILES string of the molecule is CCC(C)(C)Oc1ccc(C(C)c2ccc(Oc3ccc(Oc4ccc(C(N)(CC)C(C)(CC)OCc5ccc(-c6ccc(COc7ccc(Oc8ccc(C(C)(C)CC)cc8)cc7)cc6)cc5)cc4)cc3)c(C)c2)cc1C. The molecule has 0 aliphatic carbocycles. The van der Waals surface area contributed by atoms with Gasteiger partial charge in [0.1, 0.15) is 58.2 Å². The molecule has 3 atom stereocenters. The van der Waals surface area contributed by atoms with Crippen molar-refractivity contribution in [3.8, 4) is 57.1 Å². The van der Waals surface area contributed by atoms with Crippen LogP contribution in [0.4, 0.5) is 0 Å². The second-order valence-electron chi connectivity index (χ2n) is 22.4. The van der Waals surface area contributed by atoms with E-state index in [9.17, 15) is 0 Å². The molecule has 0 amide bonds. The molecule has 8 rings (SSSR count). The van der Waals surface area contributed by atoms with Gasteiger partial charge in [-0.05, 0) is 206 Å². The minimum atomic E-state index is -0.748. The molecule has 8 aromatic carbocycles. The standard InChI is InChI=1S/C71H81NO6/c1-13-68(8,9)58-27-31-61(32-28-58)75-63-37-35-60(36-38-63)73-47-52-17-21-54(22-18-52)55-23-19-53(20-24-55)48-74-70(12,15-3)71(72,16-4)59-29-33-62(34-30-59)76-64-39-41-65(42-40-64)77-66-43-25-56(45-49(66)5)51(7)57-26-44-67(50(6)46-57)78-69(10,11)14-2/h17-46,51H,13-16,47-48,72H2,1-12H3. The van der Waals surface area contributed by atoms with E-state index in [0.717, 1.165) is 98.5 Å². The van der Waals surface area contributed by atoms with Gasteiger partial charge in [0.25, 0.3) is 0 Å². The van der Waals surface area contributed by atoms with E-state index < -0.39 is 11.1 Å². The van der Waals surface area contributed by atoms with Crippen molar-refractivity contribution in [2.45, 2.75) is 150 Å². The highest BCUT2D eigenvalue weighted by Crippen LogP contribution is 2.41. The van der Waals surface area contributed by atoms with Crippen molar-refractivity contribution >= 4 is 0 Å². The highest BCUT2D eigenvalue weighted by atomic mass is 16.5. The molecule has 7 heteroatoms. The summed E-state index contributed by atoms with van der Waals surface area (Å²) in [6.07, 6.45) is 3.45. The molecule has 2 N–H and O–H groups in total. The van der Waals surface area contributed by atoms with Crippen molar-refractivity contribution in [3.63, 3.8) is 0 Å². The number of hydrogen-bond donors (Lipinski definition) is 1. The third-order valence-corrected chi connectivity index (χ3v) is 16.3. The fourth-order valence-corrected chi connectivity index (χ4v) is 9.68. The summed E-state index contributed by atoms with van der Waals surface area (Å²) in [6.45, 7) is 26.9. The Morgan fingerprint density at radius 3 is 1.28 bits per heavy atom. The van der Waals surface area contributed by atoms with Gasteiger partial charge in [-0.15, -0.1) is 0 Å². The summed E-state index contributed by atoms with van der Waals surface area (Å²) in [5.41, 5.74) is 17.4. The third-order valence-electron chi connectivity index (χ3n) is 16.3. The first-order chi connectivity index (χ1) is 37.3. The first-order valence-corrected chi connectivity index (χ1v) is 27.9. The van der Waals surface area contributed by atoms with Crippen molar-refractivity contribution < 1.29 is 28.4 Å². The first kappa shape index (κ1) is 56.9. The van der Waals surface area contributed by atoms with E-state index in [4.69, 9.17) is 34.2 Å².